The molecule has 0 radical (unpaired) electrons. The summed E-state index contributed by atoms with van der Waals surface area (Å²) in [6.45, 7) is 5.52. The van der Waals surface area contributed by atoms with E-state index in [0.29, 0.717) is 17.0 Å². The van der Waals surface area contributed by atoms with Gasteiger partial charge in [-0.1, -0.05) is 18.2 Å². The molecule has 0 aliphatic heterocycles. The summed E-state index contributed by atoms with van der Waals surface area (Å²) in [7, 11) is 0. The quantitative estimate of drug-likeness (QED) is 0.663. The number of amides is 3. The van der Waals surface area contributed by atoms with E-state index < -0.39 is 17.9 Å². The van der Waals surface area contributed by atoms with Gasteiger partial charge in [-0.3, -0.25) is 25.8 Å². The first-order valence-corrected chi connectivity index (χ1v) is 8.72. The minimum absolute atomic E-state index is 0.228. The normalized spacial score (nSPS) is 9.96. The number of anilines is 1. The smallest absolute Gasteiger partial charge is 0.411 e. The van der Waals surface area contributed by atoms with E-state index in [1.807, 2.05) is 32.0 Å². The lowest BCUT2D eigenvalue weighted by atomic mass is 10.1. The number of ether oxygens (including phenoxy) is 2. The summed E-state index contributed by atoms with van der Waals surface area (Å²) in [6.07, 6.45) is -0.573. The predicted octanol–water partition coefficient (Wildman–Crippen LogP) is 2.71. The Kier molecular flexibility index (Phi) is 7.38. The molecule has 0 saturated heterocycles. The van der Waals surface area contributed by atoms with Crippen LogP contribution < -0.4 is 20.9 Å². The first-order valence-electron chi connectivity index (χ1n) is 8.72. The molecule has 148 valence electrons. The van der Waals surface area contributed by atoms with Gasteiger partial charge in [-0.15, -0.1) is 0 Å². The lowest BCUT2D eigenvalue weighted by Gasteiger charge is -2.12. The van der Waals surface area contributed by atoms with Crippen molar-refractivity contribution in [3.8, 4) is 5.75 Å². The summed E-state index contributed by atoms with van der Waals surface area (Å²) < 4.78 is 10.3. The van der Waals surface area contributed by atoms with Gasteiger partial charge in [0.2, 0.25) is 0 Å². The van der Waals surface area contributed by atoms with Crippen LogP contribution in [0.25, 0.3) is 0 Å². The van der Waals surface area contributed by atoms with Crippen molar-refractivity contribution in [1.29, 1.82) is 0 Å². The molecule has 0 unspecified atom stereocenters. The van der Waals surface area contributed by atoms with E-state index in [0.717, 1.165) is 11.1 Å². The van der Waals surface area contributed by atoms with Gasteiger partial charge in [0.05, 0.1) is 6.61 Å². The van der Waals surface area contributed by atoms with Gasteiger partial charge in [0.25, 0.3) is 11.8 Å². The largest absolute Gasteiger partial charge is 0.483 e. The summed E-state index contributed by atoms with van der Waals surface area (Å²) in [5, 5.41) is 2.52. The van der Waals surface area contributed by atoms with Gasteiger partial charge in [-0.05, 0) is 56.2 Å². The van der Waals surface area contributed by atoms with E-state index in [-0.39, 0.29) is 13.2 Å². The fraction of sp³-hybridized carbons (Fsp3) is 0.250. The maximum Gasteiger partial charge on any atom is 0.411 e. The summed E-state index contributed by atoms with van der Waals surface area (Å²) in [4.78, 5) is 35.3. The predicted molar refractivity (Wildman–Crippen MR) is 104 cm³/mol. The van der Waals surface area contributed by atoms with Crippen molar-refractivity contribution in [2.24, 2.45) is 0 Å². The first kappa shape index (κ1) is 20.8. The Hall–Kier alpha value is -3.55. The maximum absolute atomic E-state index is 12.1. The lowest BCUT2D eigenvalue weighted by molar-refractivity contribution is -0.123. The number of carbonyl (C=O) groups is 3. The molecule has 2 aromatic carbocycles. The molecule has 0 fully saturated rings. The average molecular weight is 385 g/mol. The number of hydrogen-bond donors (Lipinski definition) is 3. The van der Waals surface area contributed by atoms with Crippen molar-refractivity contribution in [3.63, 3.8) is 0 Å². The molecule has 28 heavy (non-hydrogen) atoms. The SMILES string of the molecule is CCOC(=O)Nc1ccc(C(=O)NNC(=O)COc2c(C)cccc2C)cc1. The molecule has 0 heterocycles. The third-order valence-corrected chi connectivity index (χ3v) is 3.74. The van der Waals surface area contributed by atoms with Crippen LogP contribution >= 0.6 is 0 Å². The highest BCUT2D eigenvalue weighted by molar-refractivity contribution is 5.96. The minimum Gasteiger partial charge on any atom is -0.483 e. The Balaban J connectivity index is 1.81. The number of carbonyl (C=O) groups excluding carboxylic acids is 3. The van der Waals surface area contributed by atoms with Crippen molar-refractivity contribution in [3.05, 3.63) is 59.2 Å². The molecule has 3 N–H and O–H groups in total. The van der Waals surface area contributed by atoms with E-state index >= 15 is 0 Å². The van der Waals surface area contributed by atoms with Crippen LogP contribution in [0.3, 0.4) is 0 Å². The molecule has 0 aliphatic carbocycles. The lowest BCUT2D eigenvalue weighted by Crippen LogP contribution is -2.43. The molecule has 0 aliphatic rings. The highest BCUT2D eigenvalue weighted by Crippen LogP contribution is 2.21. The molecule has 3 amide bonds. The summed E-state index contributed by atoms with van der Waals surface area (Å²) >= 11 is 0. The van der Waals surface area contributed by atoms with Crippen molar-refractivity contribution < 1.29 is 23.9 Å². The molecule has 2 aromatic rings. The third kappa shape index (κ3) is 6.01. The number of hydrogen-bond acceptors (Lipinski definition) is 5. The van der Waals surface area contributed by atoms with Gasteiger partial charge >= 0.3 is 6.09 Å². The third-order valence-electron chi connectivity index (χ3n) is 3.74. The van der Waals surface area contributed by atoms with Gasteiger partial charge in [-0.2, -0.15) is 0 Å². The molecule has 0 aromatic heterocycles. The Morgan fingerprint density at radius 2 is 1.57 bits per heavy atom. The molecule has 0 saturated carbocycles. The van der Waals surface area contributed by atoms with Crippen molar-refractivity contribution >= 4 is 23.6 Å². The van der Waals surface area contributed by atoms with E-state index in [2.05, 4.69) is 16.2 Å². The Morgan fingerprint density at radius 1 is 0.929 bits per heavy atom. The second-order valence-corrected chi connectivity index (χ2v) is 5.93. The van der Waals surface area contributed by atoms with Crippen molar-refractivity contribution in [1.82, 2.24) is 10.9 Å². The standard InChI is InChI=1S/C20H23N3O5/c1-4-27-20(26)21-16-10-8-15(9-11-16)19(25)23-22-17(24)12-28-18-13(2)6-5-7-14(18)3/h5-11H,4,12H2,1-3H3,(H,21,26)(H,22,24)(H,23,25). The molecule has 8 heteroatoms. The van der Waals surface area contributed by atoms with Gasteiger partial charge < -0.3 is 9.47 Å². The monoisotopic (exact) mass is 385 g/mol. The average Bonchev–Trinajstić information content (AvgIpc) is 2.66. The minimum atomic E-state index is -0.573. The number of hydrazine groups is 1. The van der Waals surface area contributed by atoms with E-state index in [9.17, 15) is 14.4 Å². The first-order chi connectivity index (χ1) is 13.4. The summed E-state index contributed by atoms with van der Waals surface area (Å²) in [6, 6.07) is 11.8. The van der Waals surface area contributed by atoms with E-state index in [4.69, 9.17) is 9.47 Å². The van der Waals surface area contributed by atoms with Crippen molar-refractivity contribution in [2.75, 3.05) is 18.5 Å². The number of nitrogens with one attached hydrogen (secondary N) is 3. The van der Waals surface area contributed by atoms with Gasteiger partial charge in [0.1, 0.15) is 5.75 Å². The Bertz CT molecular complexity index is 829. The van der Waals surface area contributed by atoms with Crippen LogP contribution in [0.4, 0.5) is 10.5 Å². The second-order valence-electron chi connectivity index (χ2n) is 5.93. The van der Waals surface area contributed by atoms with Gasteiger partial charge in [-0.25, -0.2) is 4.79 Å². The number of aryl methyl sites for hydroxylation is 2. The topological polar surface area (TPSA) is 106 Å². The molecule has 0 spiro atoms. The van der Waals surface area contributed by atoms with Crippen LogP contribution in [0, 0.1) is 13.8 Å². The number of rotatable bonds is 6. The zero-order chi connectivity index (χ0) is 20.5. The van der Waals surface area contributed by atoms with Crippen LogP contribution in [-0.4, -0.2) is 31.1 Å². The second kappa shape index (κ2) is 9.96. The highest BCUT2D eigenvalue weighted by Gasteiger charge is 2.10. The zero-order valence-electron chi connectivity index (χ0n) is 16.0. The fourth-order valence-electron chi connectivity index (χ4n) is 2.39. The maximum atomic E-state index is 12.1. The molecule has 8 nitrogen and oxygen atoms in total. The van der Waals surface area contributed by atoms with Crippen LogP contribution in [0.5, 0.6) is 5.75 Å². The van der Waals surface area contributed by atoms with Gasteiger partial charge in [0.15, 0.2) is 6.61 Å². The van der Waals surface area contributed by atoms with E-state index in [1.54, 1.807) is 19.1 Å². The highest BCUT2D eigenvalue weighted by atomic mass is 16.5. The number of para-hydroxylation sites is 1. The van der Waals surface area contributed by atoms with Gasteiger partial charge in [0, 0.05) is 11.3 Å². The number of benzene rings is 2. The summed E-state index contributed by atoms with van der Waals surface area (Å²) in [5.74, 6) is -0.339. The summed E-state index contributed by atoms with van der Waals surface area (Å²) in [5.41, 5.74) is 7.26. The van der Waals surface area contributed by atoms with Crippen molar-refractivity contribution in [2.45, 2.75) is 20.8 Å². The Morgan fingerprint density at radius 3 is 2.18 bits per heavy atom. The molecular weight excluding hydrogens is 362 g/mol. The molecule has 0 bridgehead atoms. The van der Waals surface area contributed by atoms with E-state index in [1.165, 1.54) is 12.1 Å². The molecule has 2 rings (SSSR count). The van der Waals surface area contributed by atoms with Crippen LogP contribution in [-0.2, 0) is 9.53 Å². The van der Waals surface area contributed by atoms with Crippen LogP contribution in [0.15, 0.2) is 42.5 Å². The Labute approximate surface area is 163 Å². The molecular formula is C20H23N3O5. The zero-order valence-corrected chi connectivity index (χ0v) is 16.0. The fourth-order valence-corrected chi connectivity index (χ4v) is 2.39. The van der Waals surface area contributed by atoms with Crippen LogP contribution in [0.1, 0.15) is 28.4 Å². The molecule has 0 atom stereocenters. The van der Waals surface area contributed by atoms with Crippen LogP contribution in [0.2, 0.25) is 0 Å².